The Bertz CT molecular complexity index is 412. The van der Waals surface area contributed by atoms with E-state index in [1.54, 1.807) is 0 Å². The van der Waals surface area contributed by atoms with Gasteiger partial charge in [0.15, 0.2) is 0 Å². The summed E-state index contributed by atoms with van der Waals surface area (Å²) in [5, 5.41) is 0. The topological polar surface area (TPSA) is 13.0 Å². The lowest BCUT2D eigenvalue weighted by molar-refractivity contribution is -0.0184. The molecular weight excluding hydrogens is 320 g/mol. The maximum atomic E-state index is 2.74. The van der Waals surface area contributed by atoms with E-state index in [2.05, 4.69) is 75.0 Å². The highest BCUT2D eigenvalue weighted by Crippen LogP contribution is 2.26. The summed E-state index contributed by atoms with van der Waals surface area (Å²) in [4.78, 5) is 10.7. The summed E-state index contributed by atoms with van der Waals surface area (Å²) in [6.07, 6.45) is 2.65. The molecule has 0 aliphatic carbocycles. The van der Waals surface area contributed by atoms with Crippen LogP contribution in [0.1, 0.15) is 68.2 Å². The van der Waals surface area contributed by atoms with Crippen molar-refractivity contribution in [1.82, 2.24) is 19.6 Å². The van der Waals surface area contributed by atoms with E-state index in [1.807, 2.05) is 0 Å². The molecule has 2 rings (SSSR count). The van der Waals surface area contributed by atoms with Crippen LogP contribution >= 0.6 is 0 Å². The van der Waals surface area contributed by atoms with Crippen molar-refractivity contribution in [3.8, 4) is 0 Å². The van der Waals surface area contributed by atoms with Crippen molar-refractivity contribution >= 4 is 0 Å². The van der Waals surface area contributed by atoms with Gasteiger partial charge in [0.2, 0.25) is 0 Å². The Labute approximate surface area is 163 Å². The van der Waals surface area contributed by atoms with Gasteiger partial charge in [-0.2, -0.15) is 0 Å². The van der Waals surface area contributed by atoms with Gasteiger partial charge in [-0.3, -0.25) is 19.6 Å². The van der Waals surface area contributed by atoms with Gasteiger partial charge in [0.05, 0.1) is 0 Å². The van der Waals surface area contributed by atoms with E-state index in [0.29, 0.717) is 23.7 Å². The average Bonchev–Trinajstić information content (AvgIpc) is 2.58. The van der Waals surface area contributed by atoms with Crippen LogP contribution in [-0.4, -0.2) is 95.1 Å². The van der Waals surface area contributed by atoms with Crippen molar-refractivity contribution in [3.63, 3.8) is 0 Å². The third kappa shape index (κ3) is 5.67. The van der Waals surface area contributed by atoms with Crippen molar-refractivity contribution in [2.75, 3.05) is 45.8 Å². The van der Waals surface area contributed by atoms with Crippen molar-refractivity contribution in [2.45, 2.75) is 97.9 Å². The summed E-state index contributed by atoms with van der Waals surface area (Å²) in [6, 6.07) is 2.76. The Morgan fingerprint density at radius 3 is 1.54 bits per heavy atom. The van der Waals surface area contributed by atoms with Crippen LogP contribution in [0.25, 0.3) is 0 Å². The van der Waals surface area contributed by atoms with Gasteiger partial charge in [-0.25, -0.2) is 0 Å². The molecule has 0 spiro atoms. The molecular formula is C22H46N4. The van der Waals surface area contributed by atoms with Gasteiger partial charge in [-0.05, 0) is 68.2 Å². The fourth-order valence-corrected chi connectivity index (χ4v) is 5.08. The molecule has 2 aliphatic heterocycles. The van der Waals surface area contributed by atoms with Crippen molar-refractivity contribution in [1.29, 1.82) is 0 Å². The quantitative estimate of drug-likeness (QED) is 0.685. The maximum absolute atomic E-state index is 2.74. The summed E-state index contributed by atoms with van der Waals surface area (Å²) in [6.45, 7) is 27.6. The van der Waals surface area contributed by atoms with E-state index < -0.39 is 0 Å². The Hall–Kier alpha value is -0.160. The standard InChI is InChI=1S/C22H46N4/c1-18(2)23-11-13-24(14-12-23)20(5)9-10-21(6)25-15-16-26(19(3)4)22(7,8)17-25/h18-21H,9-17H2,1-8H3. The normalized spacial score (nSPS) is 26.5. The third-order valence-electron chi connectivity index (χ3n) is 6.95. The zero-order chi connectivity index (χ0) is 19.5. The highest BCUT2D eigenvalue weighted by atomic mass is 15.3. The zero-order valence-corrected chi connectivity index (χ0v) is 19.0. The number of rotatable bonds is 7. The third-order valence-corrected chi connectivity index (χ3v) is 6.95. The van der Waals surface area contributed by atoms with E-state index in [-0.39, 0.29) is 0 Å². The molecule has 0 aromatic carbocycles. The Kier molecular flexibility index (Phi) is 7.97. The van der Waals surface area contributed by atoms with Crippen LogP contribution in [0.15, 0.2) is 0 Å². The molecule has 0 aromatic heterocycles. The van der Waals surface area contributed by atoms with E-state index in [1.165, 1.54) is 58.7 Å². The lowest BCUT2D eigenvalue weighted by Gasteiger charge is -2.51. The molecule has 0 bridgehead atoms. The minimum atomic E-state index is 0.291. The molecule has 2 heterocycles. The number of nitrogens with zero attached hydrogens (tertiary/aromatic N) is 4. The molecule has 2 unspecified atom stereocenters. The fraction of sp³-hybridized carbons (Fsp3) is 1.00. The van der Waals surface area contributed by atoms with Crippen LogP contribution in [0, 0.1) is 0 Å². The predicted molar refractivity (Wildman–Crippen MR) is 114 cm³/mol. The molecule has 2 fully saturated rings. The fourth-order valence-electron chi connectivity index (χ4n) is 5.08. The lowest BCUT2D eigenvalue weighted by atomic mass is 9.94. The van der Waals surface area contributed by atoms with Crippen LogP contribution in [-0.2, 0) is 0 Å². The van der Waals surface area contributed by atoms with Gasteiger partial charge in [-0.15, -0.1) is 0 Å². The molecule has 4 nitrogen and oxygen atoms in total. The average molecular weight is 367 g/mol. The summed E-state index contributed by atoms with van der Waals surface area (Å²) >= 11 is 0. The first kappa shape index (κ1) is 22.1. The Balaban J connectivity index is 1.76. The highest BCUT2D eigenvalue weighted by molar-refractivity contribution is 4.93. The summed E-state index contributed by atoms with van der Waals surface area (Å²) < 4.78 is 0. The second-order valence-electron chi connectivity index (χ2n) is 10.0. The van der Waals surface area contributed by atoms with Gasteiger partial charge < -0.3 is 0 Å². The number of hydrogen-bond donors (Lipinski definition) is 0. The molecule has 0 saturated carbocycles. The molecule has 4 heteroatoms. The van der Waals surface area contributed by atoms with Gasteiger partial charge in [-0.1, -0.05) is 0 Å². The number of piperazine rings is 2. The van der Waals surface area contributed by atoms with Crippen molar-refractivity contribution in [2.24, 2.45) is 0 Å². The van der Waals surface area contributed by atoms with Crippen molar-refractivity contribution in [3.05, 3.63) is 0 Å². The summed E-state index contributed by atoms with van der Waals surface area (Å²) in [5.41, 5.74) is 0.291. The lowest BCUT2D eigenvalue weighted by Crippen LogP contribution is -2.62. The van der Waals surface area contributed by atoms with E-state index in [9.17, 15) is 0 Å². The van der Waals surface area contributed by atoms with E-state index in [4.69, 9.17) is 0 Å². The van der Waals surface area contributed by atoms with Gasteiger partial charge >= 0.3 is 0 Å². The minimum absolute atomic E-state index is 0.291. The smallest absolute Gasteiger partial charge is 0.0283 e. The molecule has 2 atom stereocenters. The summed E-state index contributed by atoms with van der Waals surface area (Å²) in [5.74, 6) is 0. The molecule has 2 aliphatic rings. The number of hydrogen-bond acceptors (Lipinski definition) is 4. The molecule has 0 radical (unpaired) electrons. The second kappa shape index (κ2) is 9.36. The van der Waals surface area contributed by atoms with E-state index >= 15 is 0 Å². The predicted octanol–water partition coefficient (Wildman–Crippen LogP) is 3.37. The van der Waals surface area contributed by atoms with Gasteiger partial charge in [0, 0.05) is 75.5 Å². The minimum Gasteiger partial charge on any atom is -0.298 e. The first-order valence-electron chi connectivity index (χ1n) is 11.1. The zero-order valence-electron chi connectivity index (χ0n) is 19.0. The molecule has 0 N–H and O–H groups in total. The Morgan fingerprint density at radius 2 is 1.08 bits per heavy atom. The van der Waals surface area contributed by atoms with Crippen LogP contribution in [0.3, 0.4) is 0 Å². The monoisotopic (exact) mass is 366 g/mol. The first-order chi connectivity index (χ1) is 12.1. The van der Waals surface area contributed by atoms with E-state index in [0.717, 1.165) is 6.04 Å². The first-order valence-corrected chi connectivity index (χ1v) is 11.1. The highest BCUT2D eigenvalue weighted by Gasteiger charge is 2.36. The van der Waals surface area contributed by atoms with Crippen LogP contribution in [0.4, 0.5) is 0 Å². The van der Waals surface area contributed by atoms with Crippen molar-refractivity contribution < 1.29 is 0 Å². The van der Waals surface area contributed by atoms with Crippen LogP contribution in [0.5, 0.6) is 0 Å². The van der Waals surface area contributed by atoms with Gasteiger partial charge in [0.1, 0.15) is 0 Å². The molecule has 0 aromatic rings. The molecule has 2 saturated heterocycles. The largest absolute Gasteiger partial charge is 0.298 e. The second-order valence-corrected chi connectivity index (χ2v) is 10.0. The van der Waals surface area contributed by atoms with Crippen LogP contribution in [0.2, 0.25) is 0 Å². The Morgan fingerprint density at radius 1 is 0.615 bits per heavy atom. The SMILES string of the molecule is CC(C)N1CCN(C(C)CCC(C)N2CCN(C(C)C)C(C)(C)C2)CC1. The molecule has 26 heavy (non-hydrogen) atoms. The van der Waals surface area contributed by atoms with Gasteiger partial charge in [0.25, 0.3) is 0 Å². The molecule has 0 amide bonds. The molecule has 154 valence electrons. The van der Waals surface area contributed by atoms with Crippen LogP contribution < -0.4 is 0 Å². The summed E-state index contributed by atoms with van der Waals surface area (Å²) in [7, 11) is 0. The maximum Gasteiger partial charge on any atom is 0.0283 e.